The van der Waals surface area contributed by atoms with Crippen LogP contribution in [0.15, 0.2) is 71.6 Å². The molecule has 0 aliphatic rings. The van der Waals surface area contributed by atoms with E-state index in [0.29, 0.717) is 40.2 Å². The van der Waals surface area contributed by atoms with E-state index in [2.05, 4.69) is 32.6 Å². The predicted molar refractivity (Wildman–Crippen MR) is 136 cm³/mol. The predicted octanol–water partition coefficient (Wildman–Crippen LogP) is 6.20. The highest BCUT2D eigenvalue weighted by molar-refractivity contribution is 14.1. The van der Waals surface area contributed by atoms with Crippen LogP contribution in [0.5, 0.6) is 5.75 Å². The minimum atomic E-state index is -3.72. The fraction of sp³-hybridized carbons (Fsp3) is 0.136. The summed E-state index contributed by atoms with van der Waals surface area (Å²) in [6.45, 7) is 0.316. The maximum atomic E-state index is 12.5. The van der Waals surface area contributed by atoms with Gasteiger partial charge in [0.25, 0.3) is 10.0 Å². The lowest BCUT2D eigenvalue weighted by Crippen LogP contribution is -2.14. The summed E-state index contributed by atoms with van der Waals surface area (Å²) in [5, 5.41) is 3.67. The summed E-state index contributed by atoms with van der Waals surface area (Å²) in [4.78, 5) is 12.2. The Kier molecular flexibility index (Phi) is 8.64. The molecule has 0 aliphatic carbocycles. The van der Waals surface area contributed by atoms with Gasteiger partial charge in [-0.3, -0.25) is 9.52 Å². The zero-order valence-electron chi connectivity index (χ0n) is 16.6. The minimum absolute atomic E-state index is 0.0993. The molecule has 3 rings (SSSR count). The molecule has 0 spiro atoms. The maximum absolute atomic E-state index is 12.5. The van der Waals surface area contributed by atoms with E-state index >= 15 is 0 Å². The van der Waals surface area contributed by atoms with E-state index in [9.17, 15) is 13.2 Å². The van der Waals surface area contributed by atoms with Gasteiger partial charge in [-0.25, -0.2) is 8.42 Å². The normalized spacial score (nSPS) is 11.1. The Hall–Kier alpha value is -2.01. The Balaban J connectivity index is 1.48. The van der Waals surface area contributed by atoms with Gasteiger partial charge in [-0.15, -0.1) is 0 Å². The molecule has 0 aromatic heterocycles. The molecule has 168 valence electrons. The molecule has 0 saturated carbocycles. The van der Waals surface area contributed by atoms with Gasteiger partial charge < -0.3 is 10.1 Å². The number of sulfonamides is 1. The molecule has 10 heteroatoms. The van der Waals surface area contributed by atoms with Crippen LogP contribution < -0.4 is 14.8 Å². The van der Waals surface area contributed by atoms with Gasteiger partial charge in [-0.05, 0) is 95.7 Å². The molecule has 0 bridgehead atoms. The molecule has 0 aliphatic heterocycles. The molecule has 0 saturated heterocycles. The van der Waals surface area contributed by atoms with E-state index in [0.717, 1.165) is 3.57 Å². The number of benzene rings is 3. The number of hydrogen-bond acceptors (Lipinski definition) is 4. The van der Waals surface area contributed by atoms with Crippen molar-refractivity contribution < 1.29 is 17.9 Å². The number of halogens is 3. The van der Waals surface area contributed by atoms with Crippen molar-refractivity contribution in [3.05, 3.63) is 80.3 Å². The smallest absolute Gasteiger partial charge is 0.261 e. The lowest BCUT2D eigenvalue weighted by atomic mass is 10.2. The Bertz CT molecular complexity index is 1190. The fourth-order valence-corrected chi connectivity index (χ4v) is 4.56. The molecule has 32 heavy (non-hydrogen) atoms. The summed E-state index contributed by atoms with van der Waals surface area (Å²) in [5.41, 5.74) is 0.981. The second-order valence-electron chi connectivity index (χ2n) is 6.71. The van der Waals surface area contributed by atoms with E-state index in [4.69, 9.17) is 27.9 Å². The molecule has 0 fully saturated rings. The van der Waals surface area contributed by atoms with Crippen molar-refractivity contribution in [3.63, 3.8) is 0 Å². The number of nitrogens with one attached hydrogen (secondary N) is 2. The Labute approximate surface area is 210 Å². The molecule has 3 aromatic carbocycles. The summed E-state index contributed by atoms with van der Waals surface area (Å²) >= 11 is 14.0. The molecule has 0 heterocycles. The van der Waals surface area contributed by atoms with Crippen molar-refractivity contribution in [1.82, 2.24) is 0 Å². The van der Waals surface area contributed by atoms with Crippen molar-refractivity contribution >= 4 is 73.1 Å². The van der Waals surface area contributed by atoms with Gasteiger partial charge in [-0.1, -0.05) is 23.2 Å². The van der Waals surface area contributed by atoms with Gasteiger partial charge in [0.15, 0.2) is 0 Å². The van der Waals surface area contributed by atoms with Crippen LogP contribution in [0.1, 0.15) is 12.8 Å². The molecule has 0 atom stereocenters. The highest BCUT2D eigenvalue weighted by Gasteiger charge is 2.14. The summed E-state index contributed by atoms with van der Waals surface area (Å²) in [6, 6.07) is 17.9. The monoisotopic (exact) mass is 604 g/mol. The minimum Gasteiger partial charge on any atom is -0.492 e. The van der Waals surface area contributed by atoms with E-state index in [1.165, 1.54) is 12.1 Å². The second kappa shape index (κ2) is 11.2. The highest BCUT2D eigenvalue weighted by atomic mass is 127. The van der Waals surface area contributed by atoms with Crippen LogP contribution in [-0.2, 0) is 14.8 Å². The lowest BCUT2D eigenvalue weighted by molar-refractivity contribution is -0.116. The standard InChI is InChI=1S/C22H19Cl2IN2O4S/c23-15-3-12-21(20(24)14-15)31-13-1-2-22(28)26-17-8-10-19(11-9-17)32(29,30)27-18-6-4-16(25)5-7-18/h3-12,14,27H,1-2,13H2,(H,26,28). The number of carbonyl (C=O) groups excluding carboxylic acids is 1. The molecule has 1 amide bonds. The van der Waals surface area contributed by atoms with Crippen LogP contribution in [0.2, 0.25) is 10.0 Å². The van der Waals surface area contributed by atoms with Crippen LogP contribution in [0, 0.1) is 3.57 Å². The molecule has 6 nitrogen and oxygen atoms in total. The first kappa shape index (κ1) is 24.6. The summed E-state index contributed by atoms with van der Waals surface area (Å²) < 4.78 is 34.1. The third-order valence-corrected chi connectivity index (χ3v) is 6.89. The zero-order chi connectivity index (χ0) is 23.1. The number of ether oxygens (including phenoxy) is 1. The first-order chi connectivity index (χ1) is 15.2. The van der Waals surface area contributed by atoms with E-state index in [1.807, 2.05) is 12.1 Å². The van der Waals surface area contributed by atoms with Crippen LogP contribution in [0.25, 0.3) is 0 Å². The van der Waals surface area contributed by atoms with Crippen LogP contribution >= 0.6 is 45.8 Å². The number of carbonyl (C=O) groups is 1. The first-order valence-corrected chi connectivity index (χ1v) is 12.8. The van der Waals surface area contributed by atoms with Gasteiger partial charge in [-0.2, -0.15) is 0 Å². The van der Waals surface area contributed by atoms with Crippen LogP contribution in [0.4, 0.5) is 11.4 Å². The largest absolute Gasteiger partial charge is 0.492 e. The van der Waals surface area contributed by atoms with Crippen molar-refractivity contribution in [2.24, 2.45) is 0 Å². The molecule has 2 N–H and O–H groups in total. The average molecular weight is 605 g/mol. The van der Waals surface area contributed by atoms with Gasteiger partial charge in [0.05, 0.1) is 16.5 Å². The maximum Gasteiger partial charge on any atom is 0.261 e. The lowest BCUT2D eigenvalue weighted by Gasteiger charge is -2.10. The number of anilines is 2. The molecule has 3 aromatic rings. The van der Waals surface area contributed by atoms with E-state index in [-0.39, 0.29) is 17.2 Å². The van der Waals surface area contributed by atoms with E-state index < -0.39 is 10.0 Å². The van der Waals surface area contributed by atoms with Gasteiger partial charge >= 0.3 is 0 Å². The Morgan fingerprint density at radius 1 is 0.938 bits per heavy atom. The van der Waals surface area contributed by atoms with Crippen molar-refractivity contribution in [2.45, 2.75) is 17.7 Å². The number of rotatable bonds is 9. The summed E-state index contributed by atoms with van der Waals surface area (Å²) in [6.07, 6.45) is 0.719. The first-order valence-electron chi connectivity index (χ1n) is 9.49. The van der Waals surface area contributed by atoms with Gasteiger partial charge in [0.1, 0.15) is 5.75 Å². The van der Waals surface area contributed by atoms with Gasteiger partial charge in [0.2, 0.25) is 5.91 Å². The Morgan fingerprint density at radius 2 is 1.59 bits per heavy atom. The van der Waals surface area contributed by atoms with Crippen molar-refractivity contribution in [2.75, 3.05) is 16.6 Å². The highest BCUT2D eigenvalue weighted by Crippen LogP contribution is 2.27. The van der Waals surface area contributed by atoms with Crippen molar-refractivity contribution in [1.29, 1.82) is 0 Å². The topological polar surface area (TPSA) is 84.5 Å². The number of amides is 1. The quantitative estimate of drug-likeness (QED) is 0.225. The van der Waals surface area contributed by atoms with Crippen molar-refractivity contribution in [3.8, 4) is 5.75 Å². The summed E-state index contributed by atoms with van der Waals surface area (Å²) in [7, 11) is -3.72. The Morgan fingerprint density at radius 3 is 2.25 bits per heavy atom. The zero-order valence-corrected chi connectivity index (χ0v) is 21.1. The van der Waals surface area contributed by atoms with Gasteiger partial charge in [0, 0.05) is 26.4 Å². The van der Waals surface area contributed by atoms with E-state index in [1.54, 1.807) is 42.5 Å². The SMILES string of the molecule is O=C(CCCOc1ccc(Cl)cc1Cl)Nc1ccc(S(=O)(=O)Nc2ccc(I)cc2)cc1. The average Bonchev–Trinajstić information content (AvgIpc) is 2.74. The number of hydrogen-bond donors (Lipinski definition) is 2. The molecular formula is C22H19Cl2IN2O4S. The van der Waals surface area contributed by atoms with Crippen LogP contribution in [-0.4, -0.2) is 20.9 Å². The second-order valence-corrected chi connectivity index (χ2v) is 10.5. The summed E-state index contributed by atoms with van der Waals surface area (Å²) in [5.74, 6) is 0.301. The molecular weight excluding hydrogens is 586 g/mol. The van der Waals surface area contributed by atoms with Crippen LogP contribution in [0.3, 0.4) is 0 Å². The molecule has 0 unspecified atom stereocenters. The molecule has 0 radical (unpaired) electrons. The third kappa shape index (κ3) is 7.26. The third-order valence-electron chi connectivity index (χ3n) is 4.24. The fourth-order valence-electron chi connectivity index (χ4n) is 2.68.